The van der Waals surface area contributed by atoms with Crippen molar-refractivity contribution in [2.75, 3.05) is 45.8 Å². The monoisotopic (exact) mass is 446 g/mol. The van der Waals surface area contributed by atoms with E-state index in [2.05, 4.69) is 0 Å². The van der Waals surface area contributed by atoms with Crippen LogP contribution in [-0.4, -0.2) is 65.4 Å². The summed E-state index contributed by atoms with van der Waals surface area (Å²) in [6, 6.07) is 11.0. The molecule has 9 heteroatoms. The van der Waals surface area contributed by atoms with Crippen LogP contribution < -0.4 is 9.64 Å². The topological polar surface area (TPSA) is 93.2 Å². The van der Waals surface area contributed by atoms with Crippen molar-refractivity contribution < 1.29 is 27.5 Å². The fraction of sp³-hybridized carbons (Fsp3) is 0.364. The van der Waals surface area contributed by atoms with Crippen LogP contribution in [0.1, 0.15) is 33.6 Å². The highest BCUT2D eigenvalue weighted by Gasteiger charge is 2.25. The van der Waals surface area contributed by atoms with Gasteiger partial charge in [0.1, 0.15) is 5.75 Å². The zero-order chi connectivity index (χ0) is 22.6. The second-order valence-electron chi connectivity index (χ2n) is 7.39. The molecule has 0 spiro atoms. The first-order valence-electron chi connectivity index (χ1n) is 9.90. The summed E-state index contributed by atoms with van der Waals surface area (Å²) in [4.78, 5) is 27.4. The molecule has 166 valence electrons. The fourth-order valence-corrected chi connectivity index (χ4v) is 4.30. The van der Waals surface area contributed by atoms with E-state index >= 15 is 0 Å². The summed E-state index contributed by atoms with van der Waals surface area (Å²) in [5.74, 6) is -0.601. The van der Waals surface area contributed by atoms with Gasteiger partial charge in [0.25, 0.3) is 0 Å². The number of carbonyl (C=O) groups is 2. The molecule has 0 atom stereocenters. The van der Waals surface area contributed by atoms with Gasteiger partial charge in [-0.15, -0.1) is 0 Å². The van der Waals surface area contributed by atoms with Crippen LogP contribution in [0.4, 0.5) is 5.69 Å². The predicted molar refractivity (Wildman–Crippen MR) is 116 cm³/mol. The number of anilines is 1. The SMILES string of the molecule is COc1cccc(C(=O)COC(=O)c2cc(S(=O)(=O)N(C)C)ccc2N2CCCC2)c1. The van der Waals surface area contributed by atoms with Crippen molar-refractivity contribution in [2.24, 2.45) is 0 Å². The molecule has 3 rings (SSSR count). The Kier molecular flexibility index (Phi) is 6.97. The second-order valence-corrected chi connectivity index (χ2v) is 9.54. The Morgan fingerprint density at radius 3 is 2.42 bits per heavy atom. The Labute approximate surface area is 182 Å². The zero-order valence-electron chi connectivity index (χ0n) is 17.8. The molecule has 1 heterocycles. The summed E-state index contributed by atoms with van der Waals surface area (Å²) in [6.07, 6.45) is 1.97. The predicted octanol–water partition coefficient (Wildman–Crippen LogP) is 2.59. The number of esters is 1. The largest absolute Gasteiger partial charge is 0.497 e. The second kappa shape index (κ2) is 9.49. The number of nitrogens with zero attached hydrogens (tertiary/aromatic N) is 2. The van der Waals surface area contributed by atoms with E-state index in [-0.39, 0.29) is 16.2 Å². The maximum atomic E-state index is 12.9. The number of hydrogen-bond acceptors (Lipinski definition) is 7. The number of Topliss-reactive ketones (excluding diaryl/α,β-unsaturated/α-hetero) is 1. The third-order valence-corrected chi connectivity index (χ3v) is 6.95. The Morgan fingerprint density at radius 1 is 1.06 bits per heavy atom. The third kappa shape index (κ3) is 5.05. The summed E-state index contributed by atoms with van der Waals surface area (Å²) in [5, 5.41) is 0. The minimum atomic E-state index is -3.73. The molecule has 8 nitrogen and oxygen atoms in total. The lowest BCUT2D eigenvalue weighted by Crippen LogP contribution is -2.25. The van der Waals surface area contributed by atoms with Crippen molar-refractivity contribution in [1.82, 2.24) is 4.31 Å². The molecule has 0 aliphatic carbocycles. The van der Waals surface area contributed by atoms with Crippen LogP contribution in [0.5, 0.6) is 5.75 Å². The molecule has 0 unspecified atom stereocenters. The van der Waals surface area contributed by atoms with Gasteiger partial charge in [-0.2, -0.15) is 0 Å². The molecule has 1 saturated heterocycles. The summed E-state index contributed by atoms with van der Waals surface area (Å²) < 4.78 is 36.6. The van der Waals surface area contributed by atoms with Gasteiger partial charge in [0, 0.05) is 32.7 Å². The maximum absolute atomic E-state index is 12.9. The van der Waals surface area contributed by atoms with Gasteiger partial charge in [-0.3, -0.25) is 4.79 Å². The number of methoxy groups -OCH3 is 1. The molecule has 1 fully saturated rings. The zero-order valence-corrected chi connectivity index (χ0v) is 18.6. The van der Waals surface area contributed by atoms with Gasteiger partial charge >= 0.3 is 5.97 Å². The van der Waals surface area contributed by atoms with Crippen molar-refractivity contribution in [3.05, 3.63) is 53.6 Å². The minimum Gasteiger partial charge on any atom is -0.497 e. The van der Waals surface area contributed by atoms with Gasteiger partial charge < -0.3 is 14.4 Å². The van der Waals surface area contributed by atoms with Crippen molar-refractivity contribution in [1.29, 1.82) is 0 Å². The number of rotatable bonds is 8. The van der Waals surface area contributed by atoms with E-state index in [1.165, 1.54) is 33.3 Å². The van der Waals surface area contributed by atoms with Gasteiger partial charge in [-0.1, -0.05) is 12.1 Å². The summed E-state index contributed by atoms with van der Waals surface area (Å²) in [6.45, 7) is 1.07. The quantitative estimate of drug-likeness (QED) is 0.454. The molecule has 0 N–H and O–H groups in total. The number of ketones is 1. The lowest BCUT2D eigenvalue weighted by Gasteiger charge is -2.22. The van der Waals surface area contributed by atoms with Crippen molar-refractivity contribution in [3.63, 3.8) is 0 Å². The summed E-state index contributed by atoms with van der Waals surface area (Å²) in [5.41, 5.74) is 1.09. The van der Waals surface area contributed by atoms with E-state index in [1.54, 1.807) is 30.3 Å². The molecule has 1 aliphatic heterocycles. The van der Waals surface area contributed by atoms with Crippen LogP contribution in [0.25, 0.3) is 0 Å². The summed E-state index contributed by atoms with van der Waals surface area (Å²) >= 11 is 0. The highest BCUT2D eigenvalue weighted by molar-refractivity contribution is 7.89. The Morgan fingerprint density at radius 2 is 1.77 bits per heavy atom. The average molecular weight is 447 g/mol. The molecule has 0 saturated carbocycles. The highest BCUT2D eigenvalue weighted by atomic mass is 32.2. The number of ether oxygens (including phenoxy) is 2. The molecule has 2 aromatic carbocycles. The van der Waals surface area contributed by atoms with E-state index in [9.17, 15) is 18.0 Å². The average Bonchev–Trinajstić information content (AvgIpc) is 3.31. The number of carbonyl (C=O) groups excluding carboxylic acids is 2. The Balaban J connectivity index is 1.86. The Bertz CT molecular complexity index is 1080. The minimum absolute atomic E-state index is 0.00785. The highest BCUT2D eigenvalue weighted by Crippen LogP contribution is 2.29. The maximum Gasteiger partial charge on any atom is 0.340 e. The first kappa shape index (κ1) is 22.8. The lowest BCUT2D eigenvalue weighted by molar-refractivity contribution is 0.0475. The standard InChI is InChI=1S/C22H26N2O6S/c1-23(2)31(27,28)18-9-10-20(24-11-4-5-12-24)19(14-18)22(26)30-15-21(25)16-7-6-8-17(13-16)29-3/h6-10,13-14H,4-5,11-12,15H2,1-3H3. The molecular weight excluding hydrogens is 420 g/mol. The molecule has 0 aromatic heterocycles. The molecule has 31 heavy (non-hydrogen) atoms. The van der Waals surface area contributed by atoms with Gasteiger partial charge in [0.2, 0.25) is 10.0 Å². The van der Waals surface area contributed by atoms with Gasteiger partial charge in [0.05, 0.1) is 23.3 Å². The molecular formula is C22H26N2O6S. The van der Waals surface area contributed by atoms with Crippen LogP contribution in [-0.2, 0) is 14.8 Å². The van der Waals surface area contributed by atoms with E-state index < -0.39 is 22.6 Å². The van der Waals surface area contributed by atoms with Gasteiger partial charge in [0.15, 0.2) is 12.4 Å². The van der Waals surface area contributed by atoms with E-state index in [4.69, 9.17) is 9.47 Å². The smallest absolute Gasteiger partial charge is 0.340 e. The van der Waals surface area contributed by atoms with Crippen molar-refractivity contribution in [3.8, 4) is 5.75 Å². The number of sulfonamides is 1. The summed E-state index contributed by atoms with van der Waals surface area (Å²) in [7, 11) is 0.620. The molecule has 0 bridgehead atoms. The van der Waals surface area contributed by atoms with E-state index in [1.807, 2.05) is 4.90 Å². The van der Waals surface area contributed by atoms with Crippen LogP contribution in [0.3, 0.4) is 0 Å². The fourth-order valence-electron chi connectivity index (χ4n) is 3.37. The van der Waals surface area contributed by atoms with Crippen LogP contribution in [0.15, 0.2) is 47.4 Å². The van der Waals surface area contributed by atoms with Crippen molar-refractivity contribution in [2.45, 2.75) is 17.7 Å². The van der Waals surface area contributed by atoms with E-state index in [0.717, 1.165) is 30.2 Å². The third-order valence-electron chi connectivity index (χ3n) is 5.14. The number of hydrogen-bond donors (Lipinski definition) is 0. The molecule has 2 aromatic rings. The van der Waals surface area contributed by atoms with Crippen molar-refractivity contribution >= 4 is 27.5 Å². The molecule has 0 amide bonds. The lowest BCUT2D eigenvalue weighted by atomic mass is 10.1. The van der Waals surface area contributed by atoms with Crippen LogP contribution in [0, 0.1) is 0 Å². The molecule has 1 aliphatic rings. The molecule has 0 radical (unpaired) electrons. The van der Waals surface area contributed by atoms with Gasteiger partial charge in [-0.05, 0) is 43.2 Å². The first-order chi connectivity index (χ1) is 14.7. The van der Waals surface area contributed by atoms with Gasteiger partial charge in [-0.25, -0.2) is 17.5 Å². The first-order valence-corrected chi connectivity index (χ1v) is 11.3. The number of benzene rings is 2. The van der Waals surface area contributed by atoms with E-state index in [0.29, 0.717) is 17.0 Å². The Hall–Kier alpha value is -2.91. The van der Waals surface area contributed by atoms with Crippen LogP contribution >= 0.6 is 0 Å². The normalized spacial score (nSPS) is 14.0. The van der Waals surface area contributed by atoms with Crippen LogP contribution in [0.2, 0.25) is 0 Å².